The highest BCUT2D eigenvalue weighted by Crippen LogP contribution is 2.21. The fraction of sp³-hybridized carbons (Fsp3) is 0.929. The Kier molecular flexibility index (Phi) is 7.99. The molecule has 0 bridgehead atoms. The lowest BCUT2D eigenvalue weighted by Gasteiger charge is -2.38. The van der Waals surface area contributed by atoms with Gasteiger partial charge in [0.1, 0.15) is 0 Å². The zero-order chi connectivity index (χ0) is 15.0. The predicted molar refractivity (Wildman–Crippen MR) is 75.9 cm³/mol. The van der Waals surface area contributed by atoms with E-state index in [1.54, 1.807) is 0 Å². The average Bonchev–Trinajstić information content (AvgIpc) is 2.36. The Hall–Kier alpha value is -0.750. The molecule has 1 fully saturated rings. The minimum absolute atomic E-state index is 0.0282. The van der Waals surface area contributed by atoms with E-state index in [-0.39, 0.29) is 18.5 Å². The van der Waals surface area contributed by atoms with Crippen molar-refractivity contribution in [2.24, 2.45) is 5.92 Å². The highest BCUT2D eigenvalue weighted by Gasteiger charge is 2.26. The molecule has 0 aromatic carbocycles. The number of carbonyl (C=O) groups is 1. The summed E-state index contributed by atoms with van der Waals surface area (Å²) in [5.41, 5.74) is 0. The number of hydrogen-bond donors (Lipinski definition) is 2. The van der Waals surface area contributed by atoms with Crippen molar-refractivity contribution in [3.63, 3.8) is 0 Å². The van der Waals surface area contributed by atoms with Crippen LogP contribution in [0.15, 0.2) is 0 Å². The third kappa shape index (κ3) is 7.14. The first-order valence-corrected chi connectivity index (χ1v) is 7.49. The summed E-state index contributed by atoms with van der Waals surface area (Å²) < 4.78 is 24.6. The van der Waals surface area contributed by atoms with E-state index in [9.17, 15) is 13.6 Å². The van der Waals surface area contributed by atoms with Crippen molar-refractivity contribution in [3.05, 3.63) is 0 Å². The first-order valence-electron chi connectivity index (χ1n) is 7.49. The standard InChI is InChI=1S/C14H27F2N3O/c1-3-4-12-7-13(18-8-14(15)16)10-19(9-12)6-5-17-11(2)20/h12-14,18H,3-10H2,1-2H3,(H,17,20). The van der Waals surface area contributed by atoms with Crippen LogP contribution in [0.2, 0.25) is 0 Å². The van der Waals surface area contributed by atoms with E-state index >= 15 is 0 Å². The third-order valence-electron chi connectivity index (χ3n) is 3.67. The Morgan fingerprint density at radius 3 is 2.75 bits per heavy atom. The SMILES string of the molecule is CCCC1CC(NCC(F)F)CN(CCNC(C)=O)C1. The Bertz CT molecular complexity index is 290. The van der Waals surface area contributed by atoms with Crippen molar-refractivity contribution in [3.8, 4) is 0 Å². The minimum Gasteiger partial charge on any atom is -0.355 e. The first kappa shape index (κ1) is 17.3. The number of carbonyl (C=O) groups excluding carboxylic acids is 1. The zero-order valence-corrected chi connectivity index (χ0v) is 12.5. The molecule has 0 saturated carbocycles. The van der Waals surface area contributed by atoms with E-state index in [0.717, 1.165) is 38.9 Å². The van der Waals surface area contributed by atoms with Gasteiger partial charge in [0.05, 0.1) is 6.54 Å². The molecule has 1 aliphatic heterocycles. The van der Waals surface area contributed by atoms with Crippen molar-refractivity contribution < 1.29 is 13.6 Å². The highest BCUT2D eigenvalue weighted by atomic mass is 19.3. The molecule has 2 N–H and O–H groups in total. The normalized spacial score (nSPS) is 24.1. The number of alkyl halides is 2. The number of rotatable bonds is 8. The van der Waals surface area contributed by atoms with Crippen molar-refractivity contribution in [1.29, 1.82) is 0 Å². The molecule has 118 valence electrons. The van der Waals surface area contributed by atoms with Crippen LogP contribution in [0.3, 0.4) is 0 Å². The van der Waals surface area contributed by atoms with Crippen molar-refractivity contribution in [2.75, 3.05) is 32.7 Å². The summed E-state index contributed by atoms with van der Waals surface area (Å²) in [7, 11) is 0. The molecule has 4 nitrogen and oxygen atoms in total. The summed E-state index contributed by atoms with van der Waals surface area (Å²) in [5, 5.41) is 5.74. The fourth-order valence-corrected chi connectivity index (χ4v) is 2.90. The van der Waals surface area contributed by atoms with Gasteiger partial charge in [-0.15, -0.1) is 0 Å². The molecule has 2 unspecified atom stereocenters. The van der Waals surface area contributed by atoms with E-state index < -0.39 is 6.43 Å². The topological polar surface area (TPSA) is 44.4 Å². The molecule has 1 rings (SSSR count). The number of nitrogens with zero attached hydrogens (tertiary/aromatic N) is 1. The zero-order valence-electron chi connectivity index (χ0n) is 12.5. The van der Waals surface area contributed by atoms with Gasteiger partial charge in [0, 0.05) is 39.1 Å². The molecule has 0 aromatic rings. The molecular weight excluding hydrogens is 264 g/mol. The minimum atomic E-state index is -2.30. The number of hydrogen-bond acceptors (Lipinski definition) is 3. The van der Waals surface area contributed by atoms with E-state index in [4.69, 9.17) is 0 Å². The number of amides is 1. The molecule has 1 amide bonds. The molecular formula is C14H27F2N3O. The Labute approximate surface area is 120 Å². The average molecular weight is 291 g/mol. The van der Waals surface area contributed by atoms with Crippen LogP contribution in [-0.2, 0) is 4.79 Å². The van der Waals surface area contributed by atoms with Crippen LogP contribution in [0.1, 0.15) is 33.1 Å². The molecule has 0 aromatic heterocycles. The smallest absolute Gasteiger partial charge is 0.250 e. The Morgan fingerprint density at radius 2 is 2.15 bits per heavy atom. The second-order valence-electron chi connectivity index (χ2n) is 5.63. The van der Waals surface area contributed by atoms with Gasteiger partial charge in [-0.3, -0.25) is 9.69 Å². The molecule has 0 spiro atoms. The van der Waals surface area contributed by atoms with Gasteiger partial charge in [0.25, 0.3) is 6.43 Å². The quantitative estimate of drug-likeness (QED) is 0.712. The summed E-state index contributed by atoms with van der Waals surface area (Å²) in [6.45, 7) is 6.61. The summed E-state index contributed by atoms with van der Waals surface area (Å²) in [5.74, 6) is 0.528. The second-order valence-corrected chi connectivity index (χ2v) is 5.63. The monoisotopic (exact) mass is 291 g/mol. The van der Waals surface area contributed by atoms with Gasteiger partial charge in [-0.2, -0.15) is 0 Å². The van der Waals surface area contributed by atoms with Gasteiger partial charge >= 0.3 is 0 Å². The fourth-order valence-electron chi connectivity index (χ4n) is 2.90. The van der Waals surface area contributed by atoms with Gasteiger partial charge in [-0.25, -0.2) is 8.78 Å². The molecule has 6 heteroatoms. The maximum Gasteiger partial charge on any atom is 0.250 e. The summed E-state index contributed by atoms with van der Waals surface area (Å²) in [6, 6.07) is 0.131. The summed E-state index contributed by atoms with van der Waals surface area (Å²) in [6.07, 6.45) is 0.918. The molecule has 20 heavy (non-hydrogen) atoms. The Balaban J connectivity index is 2.40. The first-order chi connectivity index (χ1) is 9.51. The van der Waals surface area contributed by atoms with E-state index in [1.807, 2.05) is 0 Å². The highest BCUT2D eigenvalue weighted by molar-refractivity contribution is 5.72. The van der Waals surface area contributed by atoms with Crippen molar-refractivity contribution in [2.45, 2.75) is 45.6 Å². The van der Waals surface area contributed by atoms with Crippen LogP contribution < -0.4 is 10.6 Å². The van der Waals surface area contributed by atoms with Crippen LogP contribution in [-0.4, -0.2) is 56.0 Å². The van der Waals surface area contributed by atoms with Crippen molar-refractivity contribution in [1.82, 2.24) is 15.5 Å². The van der Waals surface area contributed by atoms with E-state index in [0.29, 0.717) is 12.5 Å². The molecule has 0 aliphatic carbocycles. The summed E-state index contributed by atoms with van der Waals surface area (Å²) >= 11 is 0. The molecule has 1 heterocycles. The van der Waals surface area contributed by atoms with Gasteiger partial charge in [0.15, 0.2) is 0 Å². The lowest BCUT2D eigenvalue weighted by molar-refractivity contribution is -0.119. The summed E-state index contributed by atoms with van der Waals surface area (Å²) in [4.78, 5) is 13.1. The van der Waals surface area contributed by atoms with E-state index in [2.05, 4.69) is 22.5 Å². The predicted octanol–water partition coefficient (Wildman–Crippen LogP) is 1.47. The van der Waals surface area contributed by atoms with Gasteiger partial charge in [0.2, 0.25) is 5.91 Å². The van der Waals surface area contributed by atoms with Gasteiger partial charge in [-0.1, -0.05) is 13.3 Å². The lowest BCUT2D eigenvalue weighted by Crippen LogP contribution is -2.51. The second kappa shape index (κ2) is 9.23. The number of halogens is 2. The van der Waals surface area contributed by atoms with Crippen LogP contribution in [0.4, 0.5) is 8.78 Å². The molecule has 1 aliphatic rings. The molecule has 1 saturated heterocycles. The third-order valence-corrected chi connectivity index (χ3v) is 3.67. The van der Waals surface area contributed by atoms with Gasteiger partial charge in [-0.05, 0) is 18.8 Å². The number of nitrogens with one attached hydrogen (secondary N) is 2. The maximum absolute atomic E-state index is 12.3. The van der Waals surface area contributed by atoms with Crippen LogP contribution in [0.5, 0.6) is 0 Å². The number of likely N-dealkylation sites (tertiary alicyclic amines) is 1. The van der Waals surface area contributed by atoms with Crippen LogP contribution in [0.25, 0.3) is 0 Å². The number of piperidine rings is 1. The van der Waals surface area contributed by atoms with Crippen molar-refractivity contribution >= 4 is 5.91 Å². The van der Waals surface area contributed by atoms with Gasteiger partial charge < -0.3 is 10.6 Å². The van der Waals surface area contributed by atoms with E-state index in [1.165, 1.54) is 6.92 Å². The largest absolute Gasteiger partial charge is 0.355 e. The lowest BCUT2D eigenvalue weighted by atomic mass is 9.90. The molecule has 0 radical (unpaired) electrons. The van der Waals surface area contributed by atoms with Crippen LogP contribution >= 0.6 is 0 Å². The maximum atomic E-state index is 12.3. The molecule has 2 atom stereocenters. The Morgan fingerprint density at radius 1 is 1.40 bits per heavy atom. The van der Waals surface area contributed by atoms with Crippen LogP contribution in [0, 0.1) is 5.92 Å².